The van der Waals surface area contributed by atoms with E-state index in [0.29, 0.717) is 16.5 Å². The molecule has 1 unspecified atom stereocenters. The second kappa shape index (κ2) is 5.10. The highest BCUT2D eigenvalue weighted by Crippen LogP contribution is 2.32. The van der Waals surface area contributed by atoms with Crippen LogP contribution in [0.5, 0.6) is 0 Å². The van der Waals surface area contributed by atoms with Crippen LogP contribution < -0.4 is 17.0 Å². The van der Waals surface area contributed by atoms with Crippen molar-refractivity contribution in [3.63, 3.8) is 0 Å². The second-order valence-electron chi connectivity index (χ2n) is 3.51. The number of benzene rings is 1. The average molecular weight is 317 g/mol. The standard InChI is InChI=1S/C11H11BrClN3O/c12-8-3-4-17-11(8)10(16-15)7-2-1-6(13)5-9(7)14/h1-5,10,16H,14-15H2. The molecule has 0 aliphatic carbocycles. The van der Waals surface area contributed by atoms with Gasteiger partial charge in [-0.3, -0.25) is 5.84 Å². The molecule has 0 amide bonds. The Hall–Kier alpha value is -1.01. The molecule has 5 N–H and O–H groups in total. The summed E-state index contributed by atoms with van der Waals surface area (Å²) in [5.41, 5.74) is 9.96. The largest absolute Gasteiger partial charge is 0.466 e. The van der Waals surface area contributed by atoms with E-state index in [-0.39, 0.29) is 6.04 Å². The van der Waals surface area contributed by atoms with E-state index in [1.54, 1.807) is 24.5 Å². The van der Waals surface area contributed by atoms with Gasteiger partial charge in [0, 0.05) is 16.3 Å². The third-order valence-electron chi connectivity index (χ3n) is 2.43. The second-order valence-corrected chi connectivity index (χ2v) is 4.80. The maximum absolute atomic E-state index is 5.92. The third kappa shape index (κ3) is 2.47. The molecule has 0 saturated carbocycles. The molecule has 1 heterocycles. The Bertz CT molecular complexity index is 529. The number of rotatable bonds is 3. The molecule has 1 aromatic carbocycles. The monoisotopic (exact) mass is 315 g/mol. The van der Waals surface area contributed by atoms with E-state index in [2.05, 4.69) is 21.4 Å². The van der Waals surface area contributed by atoms with Gasteiger partial charge in [-0.15, -0.1) is 0 Å². The summed E-state index contributed by atoms with van der Waals surface area (Å²) < 4.78 is 6.21. The minimum absolute atomic E-state index is 0.323. The zero-order valence-corrected chi connectivity index (χ0v) is 11.1. The van der Waals surface area contributed by atoms with Crippen molar-refractivity contribution >= 4 is 33.2 Å². The highest BCUT2D eigenvalue weighted by molar-refractivity contribution is 9.10. The molecule has 1 atom stereocenters. The predicted molar refractivity (Wildman–Crippen MR) is 71.4 cm³/mol. The molecule has 0 aliphatic heterocycles. The zero-order chi connectivity index (χ0) is 12.4. The predicted octanol–water partition coefficient (Wildman–Crippen LogP) is 2.83. The molecule has 6 heteroatoms. The van der Waals surface area contributed by atoms with Crippen LogP contribution in [0.25, 0.3) is 0 Å². The average Bonchev–Trinajstić information content (AvgIpc) is 2.69. The van der Waals surface area contributed by atoms with E-state index in [1.807, 2.05) is 6.07 Å². The van der Waals surface area contributed by atoms with Crippen molar-refractivity contribution in [1.29, 1.82) is 0 Å². The van der Waals surface area contributed by atoms with Crippen LogP contribution in [0.4, 0.5) is 5.69 Å². The smallest absolute Gasteiger partial charge is 0.140 e. The number of halogens is 2. The van der Waals surface area contributed by atoms with Crippen LogP contribution >= 0.6 is 27.5 Å². The summed E-state index contributed by atoms with van der Waals surface area (Å²) >= 11 is 9.24. The summed E-state index contributed by atoms with van der Waals surface area (Å²) in [6, 6.07) is 6.73. The van der Waals surface area contributed by atoms with E-state index < -0.39 is 0 Å². The fraction of sp³-hybridized carbons (Fsp3) is 0.0909. The van der Waals surface area contributed by atoms with Gasteiger partial charge in [-0.05, 0) is 34.1 Å². The fourth-order valence-corrected chi connectivity index (χ4v) is 2.24. The van der Waals surface area contributed by atoms with Gasteiger partial charge in [0.05, 0.1) is 10.7 Å². The highest BCUT2D eigenvalue weighted by atomic mass is 79.9. The van der Waals surface area contributed by atoms with Crippen LogP contribution in [-0.2, 0) is 0 Å². The number of furan rings is 1. The van der Waals surface area contributed by atoms with Crippen LogP contribution in [0.1, 0.15) is 17.4 Å². The Morgan fingerprint density at radius 3 is 2.65 bits per heavy atom. The normalized spacial score (nSPS) is 12.6. The lowest BCUT2D eigenvalue weighted by molar-refractivity contribution is 0.450. The lowest BCUT2D eigenvalue weighted by atomic mass is 10.0. The number of nitrogen functional groups attached to an aromatic ring is 1. The molecule has 90 valence electrons. The molecule has 2 rings (SSSR count). The lowest BCUT2D eigenvalue weighted by Crippen LogP contribution is -2.29. The summed E-state index contributed by atoms with van der Waals surface area (Å²) in [5.74, 6) is 6.22. The number of anilines is 1. The van der Waals surface area contributed by atoms with Gasteiger partial charge in [0.2, 0.25) is 0 Å². The zero-order valence-electron chi connectivity index (χ0n) is 8.78. The van der Waals surface area contributed by atoms with Gasteiger partial charge in [-0.2, -0.15) is 0 Å². The van der Waals surface area contributed by atoms with Crippen molar-refractivity contribution in [3.05, 3.63) is 51.3 Å². The number of hydrogen-bond donors (Lipinski definition) is 3. The summed E-state index contributed by atoms with van der Waals surface area (Å²) in [5, 5.41) is 0.584. The molecular weight excluding hydrogens is 305 g/mol. The van der Waals surface area contributed by atoms with Crippen LogP contribution in [0, 0.1) is 0 Å². The Kier molecular flexibility index (Phi) is 3.73. The number of nitrogens with two attached hydrogens (primary N) is 2. The van der Waals surface area contributed by atoms with Crippen molar-refractivity contribution in [3.8, 4) is 0 Å². The van der Waals surface area contributed by atoms with E-state index in [1.165, 1.54) is 0 Å². The maximum Gasteiger partial charge on any atom is 0.140 e. The highest BCUT2D eigenvalue weighted by Gasteiger charge is 2.20. The number of nitrogens with one attached hydrogen (secondary N) is 1. The minimum atomic E-state index is -0.323. The minimum Gasteiger partial charge on any atom is -0.466 e. The summed E-state index contributed by atoms with van der Waals surface area (Å²) in [4.78, 5) is 0. The molecular formula is C11H11BrClN3O. The van der Waals surface area contributed by atoms with Gasteiger partial charge in [0.15, 0.2) is 0 Å². The van der Waals surface area contributed by atoms with Gasteiger partial charge < -0.3 is 10.2 Å². The van der Waals surface area contributed by atoms with Crippen molar-refractivity contribution < 1.29 is 4.42 Å². The SMILES string of the molecule is NNC(c1ccc(Cl)cc1N)c1occc1Br. The molecule has 0 aliphatic rings. The molecule has 0 spiro atoms. The van der Waals surface area contributed by atoms with Crippen LogP contribution in [0.2, 0.25) is 5.02 Å². The summed E-state index contributed by atoms with van der Waals surface area (Å²) in [6.07, 6.45) is 1.58. The molecule has 0 fully saturated rings. The van der Waals surface area contributed by atoms with Crippen LogP contribution in [-0.4, -0.2) is 0 Å². The first-order valence-electron chi connectivity index (χ1n) is 4.87. The third-order valence-corrected chi connectivity index (χ3v) is 3.32. The van der Waals surface area contributed by atoms with Gasteiger partial charge in [-0.1, -0.05) is 17.7 Å². The van der Waals surface area contributed by atoms with Gasteiger partial charge >= 0.3 is 0 Å². The van der Waals surface area contributed by atoms with E-state index in [9.17, 15) is 0 Å². The Labute approximate surface area is 112 Å². The van der Waals surface area contributed by atoms with Crippen molar-refractivity contribution in [2.24, 2.45) is 5.84 Å². The van der Waals surface area contributed by atoms with E-state index in [4.69, 9.17) is 27.6 Å². The van der Waals surface area contributed by atoms with Crippen LogP contribution in [0.15, 0.2) is 39.4 Å². The quantitative estimate of drug-likeness (QED) is 0.462. The lowest BCUT2D eigenvalue weighted by Gasteiger charge is -2.16. The van der Waals surface area contributed by atoms with Crippen molar-refractivity contribution in [1.82, 2.24) is 5.43 Å². The van der Waals surface area contributed by atoms with E-state index >= 15 is 0 Å². The maximum atomic E-state index is 5.92. The molecule has 0 saturated heterocycles. The Balaban J connectivity index is 2.46. The molecule has 2 aromatic rings. The molecule has 17 heavy (non-hydrogen) atoms. The van der Waals surface area contributed by atoms with Gasteiger partial charge in [-0.25, -0.2) is 5.43 Å². The summed E-state index contributed by atoms with van der Waals surface area (Å²) in [6.45, 7) is 0. The topological polar surface area (TPSA) is 77.2 Å². The van der Waals surface area contributed by atoms with Crippen LogP contribution in [0.3, 0.4) is 0 Å². The summed E-state index contributed by atoms with van der Waals surface area (Å²) in [7, 11) is 0. The molecule has 4 nitrogen and oxygen atoms in total. The molecule has 0 bridgehead atoms. The van der Waals surface area contributed by atoms with Crippen molar-refractivity contribution in [2.75, 3.05) is 5.73 Å². The first-order chi connectivity index (χ1) is 8.13. The van der Waals surface area contributed by atoms with Crippen molar-refractivity contribution in [2.45, 2.75) is 6.04 Å². The molecule has 0 radical (unpaired) electrons. The van der Waals surface area contributed by atoms with Gasteiger partial charge in [0.25, 0.3) is 0 Å². The number of hydrogen-bond acceptors (Lipinski definition) is 4. The number of hydrazine groups is 1. The van der Waals surface area contributed by atoms with Gasteiger partial charge in [0.1, 0.15) is 11.8 Å². The first-order valence-corrected chi connectivity index (χ1v) is 6.04. The molecule has 1 aromatic heterocycles. The Morgan fingerprint density at radius 1 is 1.35 bits per heavy atom. The Morgan fingerprint density at radius 2 is 2.12 bits per heavy atom. The first kappa shape index (κ1) is 12.4. The van der Waals surface area contributed by atoms with E-state index in [0.717, 1.165) is 10.0 Å². The fourth-order valence-electron chi connectivity index (χ4n) is 1.63.